The summed E-state index contributed by atoms with van der Waals surface area (Å²) >= 11 is 0. The molecule has 0 bridgehead atoms. The Morgan fingerprint density at radius 3 is 2.17 bits per heavy atom. The number of benzene rings is 1. The number of halogens is 3. The van der Waals surface area contributed by atoms with Gasteiger partial charge in [-0.25, -0.2) is 4.79 Å². The van der Waals surface area contributed by atoms with Crippen molar-refractivity contribution >= 4 is 17.7 Å². The van der Waals surface area contributed by atoms with Crippen LogP contribution in [-0.2, 0) is 11.0 Å². The molecule has 0 aromatic heterocycles. The van der Waals surface area contributed by atoms with Crippen LogP contribution in [0.5, 0.6) is 0 Å². The minimum absolute atomic E-state index is 0.130. The van der Waals surface area contributed by atoms with Crippen molar-refractivity contribution in [3.05, 3.63) is 29.8 Å². The number of amides is 2. The Bertz CT molecular complexity index is 443. The van der Waals surface area contributed by atoms with Gasteiger partial charge in [0.25, 0.3) is 0 Å². The normalized spacial score (nSPS) is 10.8. The van der Waals surface area contributed by atoms with Crippen LogP contribution >= 0.6 is 0 Å². The first-order valence-electron chi connectivity index (χ1n) is 4.73. The molecule has 0 aliphatic rings. The molecule has 0 aliphatic heterocycles. The zero-order valence-electron chi connectivity index (χ0n) is 8.91. The van der Waals surface area contributed by atoms with Gasteiger partial charge in [-0.05, 0) is 24.3 Å². The van der Waals surface area contributed by atoms with Crippen LogP contribution in [-0.4, -0.2) is 23.7 Å². The molecule has 3 N–H and O–H groups in total. The third-order valence-electron chi connectivity index (χ3n) is 1.87. The van der Waals surface area contributed by atoms with Crippen molar-refractivity contribution in [2.75, 3.05) is 11.9 Å². The van der Waals surface area contributed by atoms with Crippen LogP contribution in [0.25, 0.3) is 0 Å². The molecule has 0 atom stereocenters. The SMILES string of the molecule is O=C(O)CNC(=O)Nc1ccc(C(F)(F)F)cc1. The standard InChI is InChI=1S/C10H9F3N2O3/c11-10(12,13)6-1-3-7(4-2-6)15-9(18)14-5-8(16)17/h1-4H,5H2,(H,16,17)(H2,14,15,18). The number of carbonyl (C=O) groups is 2. The summed E-state index contributed by atoms with van der Waals surface area (Å²) in [4.78, 5) is 21.2. The summed E-state index contributed by atoms with van der Waals surface area (Å²) in [5, 5.41) is 12.5. The minimum atomic E-state index is -4.44. The van der Waals surface area contributed by atoms with Gasteiger partial charge in [0.05, 0.1) is 5.56 Å². The summed E-state index contributed by atoms with van der Waals surface area (Å²) < 4.78 is 36.7. The van der Waals surface area contributed by atoms with Gasteiger partial charge in [-0.1, -0.05) is 0 Å². The average Bonchev–Trinajstić information content (AvgIpc) is 2.26. The van der Waals surface area contributed by atoms with Gasteiger partial charge in [-0.3, -0.25) is 4.79 Å². The van der Waals surface area contributed by atoms with Crippen molar-refractivity contribution in [2.24, 2.45) is 0 Å². The first-order chi connectivity index (χ1) is 8.29. The molecule has 2 amide bonds. The molecule has 18 heavy (non-hydrogen) atoms. The third kappa shape index (κ3) is 4.32. The van der Waals surface area contributed by atoms with Gasteiger partial charge >= 0.3 is 18.2 Å². The molecule has 0 spiro atoms. The van der Waals surface area contributed by atoms with Crippen molar-refractivity contribution in [1.29, 1.82) is 0 Å². The molecule has 1 rings (SSSR count). The number of carboxylic acid groups (broad SMARTS) is 1. The van der Waals surface area contributed by atoms with E-state index >= 15 is 0 Å². The lowest BCUT2D eigenvalue weighted by Gasteiger charge is -2.08. The van der Waals surface area contributed by atoms with Crippen molar-refractivity contribution in [2.45, 2.75) is 6.18 Å². The summed E-state index contributed by atoms with van der Waals surface area (Å²) in [5.41, 5.74) is -0.704. The molecule has 1 aromatic rings. The van der Waals surface area contributed by atoms with Crippen molar-refractivity contribution < 1.29 is 27.9 Å². The maximum absolute atomic E-state index is 12.2. The van der Waals surface area contributed by atoms with Gasteiger partial charge in [0.1, 0.15) is 6.54 Å². The zero-order chi connectivity index (χ0) is 13.8. The molecular formula is C10H9F3N2O3. The Balaban J connectivity index is 2.59. The Labute approximate surface area is 99.6 Å². The highest BCUT2D eigenvalue weighted by Gasteiger charge is 2.29. The number of nitrogens with one attached hydrogen (secondary N) is 2. The molecule has 0 saturated carbocycles. The van der Waals surface area contributed by atoms with Crippen LogP contribution in [0, 0.1) is 0 Å². The number of urea groups is 1. The number of rotatable bonds is 3. The number of aliphatic carboxylic acids is 1. The molecule has 0 heterocycles. The van der Waals surface area contributed by atoms with Crippen LogP contribution in [0.1, 0.15) is 5.56 Å². The van der Waals surface area contributed by atoms with E-state index in [0.717, 1.165) is 24.3 Å². The fourth-order valence-electron chi connectivity index (χ4n) is 1.07. The number of alkyl halides is 3. The van der Waals surface area contributed by atoms with E-state index in [1.807, 2.05) is 5.32 Å². The van der Waals surface area contributed by atoms with Gasteiger partial charge in [-0.2, -0.15) is 13.2 Å². The van der Waals surface area contributed by atoms with E-state index in [1.54, 1.807) is 0 Å². The van der Waals surface area contributed by atoms with Crippen molar-refractivity contribution in [3.63, 3.8) is 0 Å². The van der Waals surface area contributed by atoms with Crippen molar-refractivity contribution in [3.8, 4) is 0 Å². The van der Waals surface area contributed by atoms with Crippen LogP contribution in [0.4, 0.5) is 23.7 Å². The monoisotopic (exact) mass is 262 g/mol. The first kappa shape index (κ1) is 13.8. The van der Waals surface area contributed by atoms with E-state index in [4.69, 9.17) is 5.11 Å². The first-order valence-corrected chi connectivity index (χ1v) is 4.73. The van der Waals surface area contributed by atoms with E-state index in [9.17, 15) is 22.8 Å². The predicted octanol–water partition coefficient (Wildman–Crippen LogP) is 1.91. The molecule has 8 heteroatoms. The molecule has 5 nitrogen and oxygen atoms in total. The van der Waals surface area contributed by atoms with Gasteiger partial charge in [0.2, 0.25) is 0 Å². The second-order valence-corrected chi connectivity index (χ2v) is 3.28. The quantitative estimate of drug-likeness (QED) is 0.778. The summed E-state index contributed by atoms with van der Waals surface area (Å²) in [6.45, 7) is -0.577. The molecule has 0 saturated heterocycles. The average molecular weight is 262 g/mol. The number of hydrogen-bond donors (Lipinski definition) is 3. The lowest BCUT2D eigenvalue weighted by molar-refractivity contribution is -0.138. The molecular weight excluding hydrogens is 253 g/mol. The number of carboxylic acids is 1. The molecule has 98 valence electrons. The predicted molar refractivity (Wildman–Crippen MR) is 56.1 cm³/mol. The minimum Gasteiger partial charge on any atom is -0.480 e. The van der Waals surface area contributed by atoms with E-state index in [-0.39, 0.29) is 5.69 Å². The van der Waals surface area contributed by atoms with Crippen LogP contribution in [0.15, 0.2) is 24.3 Å². The maximum atomic E-state index is 12.2. The summed E-state index contributed by atoms with van der Waals surface area (Å²) in [6.07, 6.45) is -4.44. The van der Waals surface area contributed by atoms with Crippen LogP contribution < -0.4 is 10.6 Å². The Kier molecular flexibility index (Phi) is 4.13. The van der Waals surface area contributed by atoms with Gasteiger partial charge in [-0.15, -0.1) is 0 Å². The second-order valence-electron chi connectivity index (χ2n) is 3.28. The number of carbonyl (C=O) groups excluding carboxylic acids is 1. The zero-order valence-corrected chi connectivity index (χ0v) is 8.91. The highest BCUT2D eigenvalue weighted by Crippen LogP contribution is 2.29. The third-order valence-corrected chi connectivity index (χ3v) is 1.87. The summed E-state index contributed by atoms with van der Waals surface area (Å²) in [7, 11) is 0. The van der Waals surface area contributed by atoms with E-state index in [2.05, 4.69) is 5.32 Å². The van der Waals surface area contributed by atoms with Gasteiger partial charge in [0.15, 0.2) is 0 Å². The Morgan fingerprint density at radius 2 is 1.72 bits per heavy atom. The molecule has 0 radical (unpaired) electrons. The fourth-order valence-corrected chi connectivity index (χ4v) is 1.07. The van der Waals surface area contributed by atoms with Crippen molar-refractivity contribution in [1.82, 2.24) is 5.32 Å². The smallest absolute Gasteiger partial charge is 0.416 e. The molecule has 0 aliphatic carbocycles. The number of hydrogen-bond acceptors (Lipinski definition) is 2. The fraction of sp³-hybridized carbons (Fsp3) is 0.200. The maximum Gasteiger partial charge on any atom is 0.416 e. The molecule has 0 unspecified atom stereocenters. The molecule has 1 aromatic carbocycles. The highest BCUT2D eigenvalue weighted by atomic mass is 19.4. The van der Waals surface area contributed by atoms with E-state index < -0.39 is 30.3 Å². The Hall–Kier alpha value is -2.25. The highest BCUT2D eigenvalue weighted by molar-refractivity contribution is 5.91. The molecule has 0 fully saturated rings. The largest absolute Gasteiger partial charge is 0.480 e. The summed E-state index contributed by atoms with van der Waals surface area (Å²) in [6, 6.07) is 2.96. The lowest BCUT2D eigenvalue weighted by atomic mass is 10.2. The topological polar surface area (TPSA) is 78.4 Å². The van der Waals surface area contributed by atoms with Gasteiger partial charge < -0.3 is 15.7 Å². The Morgan fingerprint density at radius 1 is 1.17 bits per heavy atom. The van der Waals surface area contributed by atoms with E-state index in [0.29, 0.717) is 0 Å². The lowest BCUT2D eigenvalue weighted by Crippen LogP contribution is -2.33. The van der Waals surface area contributed by atoms with Crippen LogP contribution in [0.2, 0.25) is 0 Å². The van der Waals surface area contributed by atoms with Gasteiger partial charge in [0, 0.05) is 5.69 Å². The number of anilines is 1. The van der Waals surface area contributed by atoms with Crippen LogP contribution in [0.3, 0.4) is 0 Å². The summed E-state index contributed by atoms with van der Waals surface area (Å²) in [5.74, 6) is -1.22. The second kappa shape index (κ2) is 5.39. The van der Waals surface area contributed by atoms with E-state index in [1.165, 1.54) is 0 Å².